The van der Waals surface area contributed by atoms with E-state index < -0.39 is 12.3 Å². The van der Waals surface area contributed by atoms with Crippen LogP contribution in [0, 0.1) is 17.8 Å². The van der Waals surface area contributed by atoms with Gasteiger partial charge >= 0.3 is 6.09 Å². The third kappa shape index (κ3) is 4.39. The SMILES string of the molecule is CC1CCC(Cn2c(N3CCOC4CC43)nc3nc(C4NOC(=O)N4)nc(N[C@H](C)C4CCC4)c32)CC1. The van der Waals surface area contributed by atoms with Gasteiger partial charge in [-0.3, -0.25) is 5.32 Å². The van der Waals surface area contributed by atoms with Crippen LogP contribution in [0.3, 0.4) is 0 Å². The van der Waals surface area contributed by atoms with Gasteiger partial charge in [0, 0.05) is 19.1 Å². The lowest BCUT2D eigenvalue weighted by atomic mass is 9.80. The van der Waals surface area contributed by atoms with Crippen LogP contribution < -0.4 is 21.0 Å². The first-order valence-corrected chi connectivity index (χ1v) is 14.2. The number of amides is 1. The summed E-state index contributed by atoms with van der Waals surface area (Å²) < 4.78 is 8.31. The second kappa shape index (κ2) is 9.27. The van der Waals surface area contributed by atoms with Gasteiger partial charge in [0.15, 0.2) is 23.5 Å². The van der Waals surface area contributed by atoms with Crippen LogP contribution in [0.1, 0.15) is 77.2 Å². The highest BCUT2D eigenvalue weighted by Gasteiger charge is 2.47. The predicted octanol–water partition coefficient (Wildman–Crippen LogP) is 3.47. The third-order valence-corrected chi connectivity index (χ3v) is 9.21. The first kappa shape index (κ1) is 23.5. The Bertz CT molecular complexity index is 1170. The molecule has 3 N–H and O–H groups in total. The Labute approximate surface area is 217 Å². The summed E-state index contributed by atoms with van der Waals surface area (Å²) in [5, 5.41) is 6.49. The highest BCUT2D eigenvalue weighted by atomic mass is 16.7. The van der Waals surface area contributed by atoms with Crippen LogP contribution in [0.15, 0.2) is 0 Å². The molecule has 0 aromatic carbocycles. The van der Waals surface area contributed by atoms with E-state index in [0.717, 1.165) is 49.3 Å². The zero-order valence-corrected chi connectivity index (χ0v) is 21.8. The fourth-order valence-electron chi connectivity index (χ4n) is 6.50. The molecule has 11 nitrogen and oxygen atoms in total. The average molecular weight is 511 g/mol. The van der Waals surface area contributed by atoms with Crippen molar-refractivity contribution >= 4 is 29.0 Å². The van der Waals surface area contributed by atoms with Gasteiger partial charge in [0.2, 0.25) is 5.95 Å². The molecule has 1 amide bonds. The van der Waals surface area contributed by atoms with Crippen LogP contribution in [0.4, 0.5) is 16.6 Å². The maximum Gasteiger partial charge on any atom is 0.427 e. The van der Waals surface area contributed by atoms with Crippen molar-refractivity contribution in [3.63, 3.8) is 0 Å². The standard InChI is InChI=1S/C26H38N8O3/c1-14-6-8-16(9-7-14)13-34-20-21(27-15(2)17-4-3-5-17)28-23(24-31-26(35)37-32-24)29-22(20)30-25(34)33-10-11-36-19-12-18(19)33/h14-19,24,32H,3-13H2,1-2H3,(H,31,35)(H,27,28,29)/t14?,15-,16?,18?,19?,24?/m1/s1. The maximum atomic E-state index is 11.7. The van der Waals surface area contributed by atoms with E-state index in [9.17, 15) is 4.79 Å². The van der Waals surface area contributed by atoms with Gasteiger partial charge in [0.1, 0.15) is 5.52 Å². The van der Waals surface area contributed by atoms with Crippen molar-refractivity contribution in [2.24, 2.45) is 17.8 Å². The molecular formula is C26H38N8O3. The highest BCUT2D eigenvalue weighted by Crippen LogP contribution is 2.41. The van der Waals surface area contributed by atoms with Crippen molar-refractivity contribution in [3.8, 4) is 0 Å². The number of hydroxylamine groups is 1. The molecule has 4 heterocycles. The number of carbonyl (C=O) groups excluding carboxylic acids is 1. The van der Waals surface area contributed by atoms with Crippen LogP contribution in [0.25, 0.3) is 11.2 Å². The van der Waals surface area contributed by atoms with Gasteiger partial charge in [0.25, 0.3) is 0 Å². The van der Waals surface area contributed by atoms with E-state index in [-0.39, 0.29) is 0 Å². The number of morpholine rings is 1. The predicted molar refractivity (Wildman–Crippen MR) is 138 cm³/mol. The molecule has 37 heavy (non-hydrogen) atoms. The molecule has 200 valence electrons. The van der Waals surface area contributed by atoms with Gasteiger partial charge < -0.3 is 24.4 Å². The smallest absolute Gasteiger partial charge is 0.374 e. The van der Waals surface area contributed by atoms with Gasteiger partial charge in [-0.1, -0.05) is 26.2 Å². The Balaban J connectivity index is 1.32. The Morgan fingerprint density at radius 3 is 2.70 bits per heavy atom. The van der Waals surface area contributed by atoms with Crippen LogP contribution in [-0.4, -0.2) is 57.0 Å². The van der Waals surface area contributed by atoms with E-state index in [1.165, 1.54) is 44.9 Å². The van der Waals surface area contributed by atoms with Gasteiger partial charge in [0.05, 0.1) is 18.8 Å². The van der Waals surface area contributed by atoms with E-state index >= 15 is 0 Å². The molecule has 11 heteroatoms. The molecule has 4 atom stereocenters. The van der Waals surface area contributed by atoms with E-state index in [1.54, 1.807) is 0 Å². The summed E-state index contributed by atoms with van der Waals surface area (Å²) >= 11 is 0. The van der Waals surface area contributed by atoms with E-state index in [2.05, 4.69) is 39.4 Å². The zero-order valence-electron chi connectivity index (χ0n) is 21.8. The molecule has 0 radical (unpaired) electrons. The summed E-state index contributed by atoms with van der Waals surface area (Å²) in [6.07, 6.45) is 9.05. The molecule has 3 aliphatic carbocycles. The van der Waals surface area contributed by atoms with Crippen molar-refractivity contribution in [2.45, 2.75) is 96.1 Å². The van der Waals surface area contributed by atoms with Gasteiger partial charge in [-0.15, -0.1) is 5.48 Å². The van der Waals surface area contributed by atoms with Crippen molar-refractivity contribution in [2.75, 3.05) is 23.4 Å². The van der Waals surface area contributed by atoms with Gasteiger partial charge in [-0.05, 0) is 56.8 Å². The molecule has 3 unspecified atom stereocenters. The lowest BCUT2D eigenvalue weighted by Gasteiger charge is -2.33. The van der Waals surface area contributed by atoms with Crippen molar-refractivity contribution in [1.82, 2.24) is 30.3 Å². The summed E-state index contributed by atoms with van der Waals surface area (Å²) in [6.45, 7) is 7.10. The minimum absolute atomic E-state index is 0.292. The summed E-state index contributed by atoms with van der Waals surface area (Å²) in [7, 11) is 0. The number of hydrogen-bond acceptors (Lipinski definition) is 9. The fourth-order valence-corrected chi connectivity index (χ4v) is 6.50. The first-order valence-electron chi connectivity index (χ1n) is 14.2. The Morgan fingerprint density at radius 2 is 1.97 bits per heavy atom. The second-order valence-corrected chi connectivity index (χ2v) is 11.9. The fraction of sp³-hybridized carbons (Fsp3) is 0.769. The van der Waals surface area contributed by atoms with Gasteiger partial charge in [-0.2, -0.15) is 4.98 Å². The number of ether oxygens (including phenoxy) is 1. The quantitative estimate of drug-likeness (QED) is 0.514. The summed E-state index contributed by atoms with van der Waals surface area (Å²) in [4.78, 5) is 34.1. The summed E-state index contributed by atoms with van der Waals surface area (Å²) in [5.41, 5.74) is 4.34. The second-order valence-electron chi connectivity index (χ2n) is 11.9. The Morgan fingerprint density at radius 1 is 1.14 bits per heavy atom. The zero-order chi connectivity index (χ0) is 25.1. The monoisotopic (exact) mass is 510 g/mol. The minimum atomic E-state index is -0.610. The van der Waals surface area contributed by atoms with Crippen LogP contribution in [0.5, 0.6) is 0 Å². The van der Waals surface area contributed by atoms with Crippen molar-refractivity contribution < 1.29 is 14.4 Å². The number of fused-ring (bicyclic) bond motifs is 2. The number of hydrogen-bond donors (Lipinski definition) is 3. The largest absolute Gasteiger partial charge is 0.427 e. The lowest BCUT2D eigenvalue weighted by molar-refractivity contribution is 0.102. The normalized spacial score (nSPS) is 32.4. The molecule has 2 saturated heterocycles. The molecule has 0 spiro atoms. The summed E-state index contributed by atoms with van der Waals surface area (Å²) in [6, 6.07) is 0.679. The molecule has 0 bridgehead atoms. The third-order valence-electron chi connectivity index (χ3n) is 9.21. The number of imidazole rings is 1. The van der Waals surface area contributed by atoms with E-state index in [0.29, 0.717) is 41.5 Å². The maximum absolute atomic E-state index is 11.7. The number of nitrogens with one attached hydrogen (secondary N) is 3. The number of anilines is 2. The number of rotatable bonds is 7. The number of aromatic nitrogens is 4. The van der Waals surface area contributed by atoms with Crippen LogP contribution >= 0.6 is 0 Å². The number of carbonyl (C=O) groups is 1. The molecule has 2 aromatic heterocycles. The average Bonchev–Trinajstić information content (AvgIpc) is 3.39. The van der Waals surface area contributed by atoms with E-state index in [1.807, 2.05) is 0 Å². The highest BCUT2D eigenvalue weighted by molar-refractivity contribution is 5.86. The molecule has 7 rings (SSSR count). The van der Waals surface area contributed by atoms with Crippen molar-refractivity contribution in [3.05, 3.63) is 5.82 Å². The summed E-state index contributed by atoms with van der Waals surface area (Å²) in [5.74, 6) is 4.30. The Kier molecular flexibility index (Phi) is 5.88. The molecule has 3 saturated carbocycles. The molecular weight excluding hydrogens is 472 g/mol. The van der Waals surface area contributed by atoms with Crippen molar-refractivity contribution in [1.29, 1.82) is 0 Å². The number of nitrogens with zero attached hydrogens (tertiary/aromatic N) is 5. The molecule has 5 aliphatic rings. The molecule has 2 aliphatic heterocycles. The van der Waals surface area contributed by atoms with Gasteiger partial charge in [-0.25, -0.2) is 14.8 Å². The van der Waals surface area contributed by atoms with Crippen LogP contribution in [-0.2, 0) is 16.1 Å². The van der Waals surface area contributed by atoms with Crippen LogP contribution in [0.2, 0.25) is 0 Å². The first-order chi connectivity index (χ1) is 18.0. The van der Waals surface area contributed by atoms with E-state index in [4.69, 9.17) is 24.5 Å². The topological polar surface area (TPSA) is 118 Å². The lowest BCUT2D eigenvalue weighted by Crippen LogP contribution is -2.38. The molecule has 2 aromatic rings. The molecule has 5 fully saturated rings. The minimum Gasteiger partial charge on any atom is -0.374 e. The Hall–Kier alpha value is -2.66.